The first-order valence-corrected chi connectivity index (χ1v) is 7.42. The van der Waals surface area contributed by atoms with E-state index in [0.29, 0.717) is 6.42 Å². The van der Waals surface area contributed by atoms with E-state index in [2.05, 4.69) is 28.9 Å². The number of rotatable bonds is 3. The molecule has 0 spiro atoms. The van der Waals surface area contributed by atoms with E-state index < -0.39 is 0 Å². The molecule has 0 aliphatic heterocycles. The van der Waals surface area contributed by atoms with Gasteiger partial charge in [-0.1, -0.05) is 45.7 Å². The van der Waals surface area contributed by atoms with Crippen molar-refractivity contribution >= 4 is 27.5 Å². The van der Waals surface area contributed by atoms with Crippen molar-refractivity contribution in [3.8, 4) is 0 Å². The zero-order valence-electron chi connectivity index (χ0n) is 10.9. The molecule has 0 heterocycles. The van der Waals surface area contributed by atoms with Crippen molar-refractivity contribution in [1.82, 2.24) is 0 Å². The van der Waals surface area contributed by atoms with Gasteiger partial charge in [-0.3, -0.25) is 0 Å². The Morgan fingerprint density at radius 3 is 2.53 bits per heavy atom. The Balaban J connectivity index is 2.25. The lowest BCUT2D eigenvalue weighted by atomic mass is 10.00. The van der Waals surface area contributed by atoms with Gasteiger partial charge in [0.15, 0.2) is 0 Å². The number of hydrogen-bond donors (Lipinski definition) is 0. The average molecular weight is 342 g/mol. The van der Waals surface area contributed by atoms with Gasteiger partial charge in [0.05, 0.1) is 0 Å². The lowest BCUT2D eigenvalue weighted by Gasteiger charge is -2.14. The van der Waals surface area contributed by atoms with Gasteiger partial charge in [0.2, 0.25) is 0 Å². The summed E-state index contributed by atoms with van der Waals surface area (Å²) in [5, 5.41) is 0.751. The first-order valence-electron chi connectivity index (χ1n) is 6.12. The Morgan fingerprint density at radius 2 is 1.84 bits per heavy atom. The summed E-state index contributed by atoms with van der Waals surface area (Å²) < 4.78 is 13.2. The number of alkyl halides is 1. The summed E-state index contributed by atoms with van der Waals surface area (Å²) in [4.78, 5) is 0.0844. The average Bonchev–Trinajstić information content (AvgIpc) is 2.33. The maximum atomic E-state index is 13.2. The van der Waals surface area contributed by atoms with Gasteiger partial charge in [-0.2, -0.15) is 0 Å². The largest absolute Gasteiger partial charge is 0.207 e. The molecule has 100 valence electrons. The highest BCUT2D eigenvalue weighted by atomic mass is 79.9. The minimum atomic E-state index is -0.205. The fourth-order valence-corrected chi connectivity index (χ4v) is 3.26. The Morgan fingerprint density at radius 1 is 1.16 bits per heavy atom. The van der Waals surface area contributed by atoms with E-state index in [1.54, 1.807) is 12.1 Å². The van der Waals surface area contributed by atoms with Gasteiger partial charge in [0, 0.05) is 9.85 Å². The van der Waals surface area contributed by atoms with Gasteiger partial charge in [-0.15, -0.1) is 0 Å². The van der Waals surface area contributed by atoms with Crippen molar-refractivity contribution < 1.29 is 4.39 Å². The second-order valence-electron chi connectivity index (χ2n) is 4.76. The lowest BCUT2D eigenvalue weighted by molar-refractivity contribution is 0.625. The molecule has 0 aliphatic rings. The molecule has 0 fully saturated rings. The first-order chi connectivity index (χ1) is 8.97. The van der Waals surface area contributed by atoms with Crippen LogP contribution in [0.2, 0.25) is 5.02 Å². The monoisotopic (exact) mass is 340 g/mol. The molecule has 19 heavy (non-hydrogen) atoms. The molecule has 1 unspecified atom stereocenters. The summed E-state index contributed by atoms with van der Waals surface area (Å²) in [5.74, 6) is -0.205. The van der Waals surface area contributed by atoms with Crippen molar-refractivity contribution in [2.24, 2.45) is 0 Å². The Bertz CT molecular complexity index is 595. The molecule has 2 aromatic rings. The summed E-state index contributed by atoms with van der Waals surface area (Å²) >= 11 is 9.94. The molecule has 0 nitrogen and oxygen atoms in total. The number of halogens is 3. The highest BCUT2D eigenvalue weighted by molar-refractivity contribution is 9.09. The predicted octanol–water partition coefficient (Wildman–Crippen LogP) is 5.77. The molecule has 0 saturated carbocycles. The highest BCUT2D eigenvalue weighted by Crippen LogP contribution is 2.34. The normalized spacial score (nSPS) is 12.5. The number of hydrogen-bond acceptors (Lipinski definition) is 0. The van der Waals surface area contributed by atoms with Crippen LogP contribution >= 0.6 is 27.5 Å². The zero-order chi connectivity index (χ0) is 14.0. The molecule has 2 aromatic carbocycles. The topological polar surface area (TPSA) is 0 Å². The minimum absolute atomic E-state index is 0.0844. The fourth-order valence-electron chi connectivity index (χ4n) is 2.02. The highest BCUT2D eigenvalue weighted by Gasteiger charge is 2.14. The van der Waals surface area contributed by atoms with Gasteiger partial charge >= 0.3 is 0 Å². The molecule has 1 atom stereocenters. The van der Waals surface area contributed by atoms with Gasteiger partial charge < -0.3 is 0 Å². The number of benzene rings is 2. The van der Waals surface area contributed by atoms with Crippen molar-refractivity contribution in [1.29, 1.82) is 0 Å². The van der Waals surface area contributed by atoms with E-state index in [4.69, 9.17) is 11.6 Å². The van der Waals surface area contributed by atoms with E-state index in [1.165, 1.54) is 17.2 Å². The first kappa shape index (κ1) is 14.5. The van der Waals surface area contributed by atoms with Crippen LogP contribution in [0, 0.1) is 19.7 Å². The summed E-state index contributed by atoms with van der Waals surface area (Å²) in [6, 6.07) is 10.7. The summed E-state index contributed by atoms with van der Waals surface area (Å²) in [6.45, 7) is 4.11. The quantitative estimate of drug-likeness (QED) is 0.621. The smallest absolute Gasteiger partial charge is 0.123 e. The molecule has 3 heteroatoms. The van der Waals surface area contributed by atoms with Crippen molar-refractivity contribution in [3.05, 3.63) is 69.5 Å². The third kappa shape index (κ3) is 3.58. The van der Waals surface area contributed by atoms with Crippen LogP contribution in [-0.2, 0) is 6.42 Å². The van der Waals surface area contributed by atoms with Crippen LogP contribution in [0.4, 0.5) is 4.39 Å². The summed E-state index contributed by atoms with van der Waals surface area (Å²) in [5.41, 5.74) is 4.40. The second kappa shape index (κ2) is 6.06. The molecule has 0 saturated heterocycles. The van der Waals surface area contributed by atoms with Crippen molar-refractivity contribution in [2.45, 2.75) is 25.1 Å². The Hall–Kier alpha value is -0.860. The molecule has 0 bridgehead atoms. The van der Waals surface area contributed by atoms with Crippen LogP contribution in [-0.4, -0.2) is 0 Å². The fraction of sp³-hybridized carbons (Fsp3) is 0.250. The molecular weight excluding hydrogens is 327 g/mol. The Labute approximate surface area is 126 Å². The Kier molecular flexibility index (Phi) is 4.64. The lowest BCUT2D eigenvalue weighted by Crippen LogP contribution is -1.98. The minimum Gasteiger partial charge on any atom is -0.207 e. The summed E-state index contributed by atoms with van der Waals surface area (Å²) in [6.07, 6.45) is 0.708. The van der Waals surface area contributed by atoms with Gasteiger partial charge in [0.25, 0.3) is 0 Å². The molecule has 0 N–H and O–H groups in total. The predicted molar refractivity (Wildman–Crippen MR) is 82.7 cm³/mol. The molecule has 0 aromatic heterocycles. The van der Waals surface area contributed by atoms with Crippen molar-refractivity contribution in [2.75, 3.05) is 0 Å². The standard InChI is InChI=1S/C16H15BrClF/c1-10-6-14(16(18)7-11(10)2)15(17)9-12-4-3-5-13(19)8-12/h3-8,15H,9H2,1-2H3. The van der Waals surface area contributed by atoms with Crippen molar-refractivity contribution in [3.63, 3.8) is 0 Å². The van der Waals surface area contributed by atoms with Gasteiger partial charge in [0.1, 0.15) is 5.82 Å². The molecule has 0 aliphatic carbocycles. The molecular formula is C16H15BrClF. The van der Waals surface area contributed by atoms with Crippen LogP contribution < -0.4 is 0 Å². The van der Waals surface area contributed by atoms with E-state index >= 15 is 0 Å². The van der Waals surface area contributed by atoms with Crippen LogP contribution in [0.15, 0.2) is 36.4 Å². The maximum absolute atomic E-state index is 13.2. The second-order valence-corrected chi connectivity index (χ2v) is 6.27. The molecule has 0 radical (unpaired) electrons. The van der Waals surface area contributed by atoms with E-state index in [-0.39, 0.29) is 10.6 Å². The molecule has 0 amide bonds. The van der Waals surface area contributed by atoms with Crippen LogP contribution in [0.25, 0.3) is 0 Å². The third-order valence-corrected chi connectivity index (χ3v) is 4.40. The van der Waals surface area contributed by atoms with Crippen LogP contribution in [0.1, 0.15) is 27.1 Å². The maximum Gasteiger partial charge on any atom is 0.123 e. The van der Waals surface area contributed by atoms with Gasteiger partial charge in [-0.05, 0) is 60.7 Å². The van der Waals surface area contributed by atoms with Gasteiger partial charge in [-0.25, -0.2) is 4.39 Å². The van der Waals surface area contributed by atoms with Crippen LogP contribution in [0.5, 0.6) is 0 Å². The molecule has 2 rings (SSSR count). The van der Waals surface area contributed by atoms with E-state index in [9.17, 15) is 4.39 Å². The number of aryl methyl sites for hydroxylation is 2. The zero-order valence-corrected chi connectivity index (χ0v) is 13.2. The SMILES string of the molecule is Cc1cc(Cl)c(C(Br)Cc2cccc(F)c2)cc1C. The third-order valence-electron chi connectivity index (χ3n) is 3.25. The van der Waals surface area contributed by atoms with E-state index in [1.807, 2.05) is 19.1 Å². The van der Waals surface area contributed by atoms with Crippen LogP contribution in [0.3, 0.4) is 0 Å². The van der Waals surface area contributed by atoms with E-state index in [0.717, 1.165) is 16.1 Å². The summed E-state index contributed by atoms with van der Waals surface area (Å²) in [7, 11) is 0.